The topological polar surface area (TPSA) is 59.7 Å². The Hall–Kier alpha value is -1.29. The van der Waals surface area contributed by atoms with Gasteiger partial charge in [-0.05, 0) is 18.6 Å². The van der Waals surface area contributed by atoms with Crippen LogP contribution in [0.5, 0.6) is 0 Å². The van der Waals surface area contributed by atoms with Crippen LogP contribution < -0.4 is 0 Å². The van der Waals surface area contributed by atoms with Gasteiger partial charge in [-0.3, -0.25) is 0 Å². The molecule has 0 aromatic carbocycles. The Morgan fingerprint density at radius 3 is 2.63 bits per heavy atom. The predicted molar refractivity (Wildman–Crippen MR) is 73.0 cm³/mol. The minimum Gasteiger partial charge on any atom is -0.463 e. The summed E-state index contributed by atoms with van der Waals surface area (Å²) in [4.78, 5) is 11.2. The first-order valence-corrected chi connectivity index (χ1v) is 7.05. The Kier molecular flexibility index (Phi) is 7.26. The summed E-state index contributed by atoms with van der Waals surface area (Å²) < 4.78 is 9.82. The van der Waals surface area contributed by atoms with Crippen LogP contribution in [0.2, 0.25) is 0 Å². The van der Waals surface area contributed by atoms with Crippen LogP contribution in [0.3, 0.4) is 0 Å². The van der Waals surface area contributed by atoms with Crippen LogP contribution in [0.1, 0.15) is 74.3 Å². The minimum atomic E-state index is -0.635. The molecule has 0 aliphatic heterocycles. The molecular weight excluding hydrogens is 244 g/mol. The third-order valence-corrected chi connectivity index (χ3v) is 3.17. The van der Waals surface area contributed by atoms with Gasteiger partial charge in [-0.1, -0.05) is 45.4 Å². The van der Waals surface area contributed by atoms with Crippen LogP contribution in [-0.4, -0.2) is 18.2 Å². The molecule has 0 spiro atoms. The number of unbranched alkanes of at least 4 members (excludes halogenated alkanes) is 5. The van der Waals surface area contributed by atoms with Gasteiger partial charge in [0.2, 0.25) is 5.76 Å². The molecule has 1 unspecified atom stereocenters. The molecule has 0 saturated carbocycles. The molecule has 1 aromatic rings. The van der Waals surface area contributed by atoms with E-state index in [0.717, 1.165) is 12.8 Å². The maximum atomic E-state index is 11.2. The summed E-state index contributed by atoms with van der Waals surface area (Å²) in [5.41, 5.74) is 0. The van der Waals surface area contributed by atoms with Crippen molar-refractivity contribution in [1.29, 1.82) is 0 Å². The Morgan fingerprint density at radius 2 is 1.95 bits per heavy atom. The van der Waals surface area contributed by atoms with Crippen molar-refractivity contribution in [3.63, 3.8) is 0 Å². The van der Waals surface area contributed by atoms with Crippen LogP contribution >= 0.6 is 0 Å². The van der Waals surface area contributed by atoms with E-state index in [1.54, 1.807) is 6.07 Å². The molecule has 4 nitrogen and oxygen atoms in total. The molecule has 1 atom stereocenters. The second-order valence-corrected chi connectivity index (χ2v) is 4.77. The molecule has 19 heavy (non-hydrogen) atoms. The zero-order valence-electron chi connectivity index (χ0n) is 11.9. The van der Waals surface area contributed by atoms with Gasteiger partial charge in [0.1, 0.15) is 11.9 Å². The fourth-order valence-corrected chi connectivity index (χ4v) is 2.00. The van der Waals surface area contributed by atoms with Crippen LogP contribution in [-0.2, 0) is 4.74 Å². The average molecular weight is 268 g/mol. The largest absolute Gasteiger partial charge is 0.463 e. The number of carbonyl (C=O) groups is 1. The highest BCUT2D eigenvalue weighted by molar-refractivity contribution is 5.86. The molecule has 0 aliphatic carbocycles. The number of ether oxygens (including phenoxy) is 1. The molecule has 1 N–H and O–H groups in total. The van der Waals surface area contributed by atoms with E-state index in [0.29, 0.717) is 12.2 Å². The summed E-state index contributed by atoms with van der Waals surface area (Å²) in [6, 6.07) is 3.17. The maximum Gasteiger partial charge on any atom is 0.373 e. The molecule has 0 fully saturated rings. The molecule has 0 saturated heterocycles. The molecule has 1 rings (SSSR count). The molecule has 0 aliphatic rings. The Labute approximate surface area is 114 Å². The molecular formula is C15H24O4. The first-order valence-electron chi connectivity index (χ1n) is 7.05. The summed E-state index contributed by atoms with van der Waals surface area (Å²) >= 11 is 0. The van der Waals surface area contributed by atoms with Gasteiger partial charge >= 0.3 is 5.97 Å². The van der Waals surface area contributed by atoms with Crippen molar-refractivity contribution >= 4 is 5.97 Å². The Bertz CT molecular complexity index is 370. The van der Waals surface area contributed by atoms with E-state index in [2.05, 4.69) is 11.7 Å². The summed E-state index contributed by atoms with van der Waals surface area (Å²) in [7, 11) is 1.30. The predicted octanol–water partition coefficient (Wildman–Crippen LogP) is 3.85. The lowest BCUT2D eigenvalue weighted by molar-refractivity contribution is 0.0553. The maximum absolute atomic E-state index is 11.2. The second kappa shape index (κ2) is 8.75. The smallest absolute Gasteiger partial charge is 0.373 e. The quantitative estimate of drug-likeness (QED) is 0.546. The van der Waals surface area contributed by atoms with Gasteiger partial charge in [-0.2, -0.15) is 0 Å². The minimum absolute atomic E-state index is 0.138. The van der Waals surface area contributed by atoms with Crippen molar-refractivity contribution in [3.8, 4) is 0 Å². The molecule has 1 heterocycles. The van der Waals surface area contributed by atoms with Crippen LogP contribution in [0.4, 0.5) is 0 Å². The summed E-state index contributed by atoms with van der Waals surface area (Å²) in [5.74, 6) is 0.0615. The van der Waals surface area contributed by atoms with Crippen molar-refractivity contribution in [3.05, 3.63) is 23.7 Å². The van der Waals surface area contributed by atoms with Gasteiger partial charge in [0.25, 0.3) is 0 Å². The highest BCUT2D eigenvalue weighted by Gasteiger charge is 2.16. The number of hydrogen-bond acceptors (Lipinski definition) is 4. The van der Waals surface area contributed by atoms with Gasteiger partial charge < -0.3 is 14.3 Å². The standard InChI is InChI=1S/C15H24O4/c1-3-4-5-6-7-8-9-12(16)13-10-11-14(19-13)15(17)18-2/h10-12,16H,3-9H2,1-2H3. The zero-order chi connectivity index (χ0) is 14.1. The van der Waals surface area contributed by atoms with E-state index in [1.807, 2.05) is 0 Å². The van der Waals surface area contributed by atoms with Gasteiger partial charge in [-0.25, -0.2) is 4.79 Å². The van der Waals surface area contributed by atoms with Gasteiger partial charge in [-0.15, -0.1) is 0 Å². The highest BCUT2D eigenvalue weighted by Crippen LogP contribution is 2.22. The van der Waals surface area contributed by atoms with E-state index in [1.165, 1.54) is 38.9 Å². The van der Waals surface area contributed by atoms with Crippen LogP contribution in [0.25, 0.3) is 0 Å². The third-order valence-electron chi connectivity index (χ3n) is 3.17. The lowest BCUT2D eigenvalue weighted by Crippen LogP contribution is -1.99. The molecule has 0 amide bonds. The number of aliphatic hydroxyl groups is 1. The number of furan rings is 1. The summed E-state index contributed by atoms with van der Waals surface area (Å²) in [6.45, 7) is 2.19. The third kappa shape index (κ3) is 5.47. The first kappa shape index (κ1) is 15.8. The summed E-state index contributed by atoms with van der Waals surface area (Å²) in [5, 5.41) is 9.95. The monoisotopic (exact) mass is 268 g/mol. The molecule has 108 valence electrons. The van der Waals surface area contributed by atoms with Gasteiger partial charge in [0.15, 0.2) is 0 Å². The zero-order valence-corrected chi connectivity index (χ0v) is 11.9. The number of carbonyl (C=O) groups excluding carboxylic acids is 1. The molecule has 0 radical (unpaired) electrons. The normalized spacial score (nSPS) is 12.4. The SMILES string of the molecule is CCCCCCCCC(O)c1ccc(C(=O)OC)o1. The van der Waals surface area contributed by atoms with Crippen LogP contribution in [0.15, 0.2) is 16.5 Å². The average Bonchev–Trinajstić information content (AvgIpc) is 2.91. The number of rotatable bonds is 9. The van der Waals surface area contributed by atoms with Crippen molar-refractivity contribution < 1.29 is 19.1 Å². The summed E-state index contributed by atoms with van der Waals surface area (Å²) in [6.07, 6.45) is 7.13. The van der Waals surface area contributed by atoms with Crippen molar-refractivity contribution in [2.75, 3.05) is 7.11 Å². The Balaban J connectivity index is 2.27. The lowest BCUT2D eigenvalue weighted by Gasteiger charge is -2.07. The molecule has 1 aromatic heterocycles. The number of aliphatic hydroxyl groups excluding tert-OH is 1. The number of hydrogen-bond donors (Lipinski definition) is 1. The lowest BCUT2D eigenvalue weighted by atomic mass is 10.1. The molecule has 4 heteroatoms. The van der Waals surface area contributed by atoms with Crippen molar-refractivity contribution in [2.24, 2.45) is 0 Å². The van der Waals surface area contributed by atoms with E-state index in [-0.39, 0.29) is 5.76 Å². The van der Waals surface area contributed by atoms with Crippen molar-refractivity contribution in [2.45, 2.75) is 58.0 Å². The molecule has 0 bridgehead atoms. The fraction of sp³-hybridized carbons (Fsp3) is 0.667. The van der Waals surface area contributed by atoms with E-state index >= 15 is 0 Å². The number of methoxy groups -OCH3 is 1. The van der Waals surface area contributed by atoms with E-state index < -0.39 is 12.1 Å². The van der Waals surface area contributed by atoms with E-state index in [4.69, 9.17) is 4.42 Å². The Morgan fingerprint density at radius 1 is 1.26 bits per heavy atom. The second-order valence-electron chi connectivity index (χ2n) is 4.77. The van der Waals surface area contributed by atoms with Crippen molar-refractivity contribution in [1.82, 2.24) is 0 Å². The fourth-order valence-electron chi connectivity index (χ4n) is 2.00. The number of esters is 1. The van der Waals surface area contributed by atoms with Gasteiger partial charge in [0, 0.05) is 0 Å². The first-order chi connectivity index (χ1) is 9.19. The van der Waals surface area contributed by atoms with E-state index in [9.17, 15) is 9.90 Å². The highest BCUT2D eigenvalue weighted by atomic mass is 16.5. The van der Waals surface area contributed by atoms with Crippen LogP contribution in [0, 0.1) is 0 Å². The van der Waals surface area contributed by atoms with Gasteiger partial charge in [0.05, 0.1) is 7.11 Å².